The van der Waals surface area contributed by atoms with Crippen LogP contribution in [0.1, 0.15) is 15.9 Å². The second-order valence-electron chi connectivity index (χ2n) is 4.25. The van der Waals surface area contributed by atoms with Crippen molar-refractivity contribution in [3.05, 3.63) is 64.4 Å². The Morgan fingerprint density at radius 2 is 1.95 bits per heavy atom. The Balaban J connectivity index is 2.26. The molecule has 3 nitrogen and oxygen atoms in total. The second-order valence-corrected chi connectivity index (χ2v) is 4.66. The minimum Gasteiger partial charge on any atom is -0.330 e. The first kappa shape index (κ1) is 14.5. The number of rotatable bonds is 4. The average molecular weight is 293 g/mol. The molecule has 3 N–H and O–H groups in total. The molecule has 2 aromatic carbocycles. The van der Waals surface area contributed by atoms with Crippen LogP contribution < -0.4 is 11.1 Å². The molecule has 0 unspecified atom stereocenters. The Labute approximate surface area is 121 Å². The summed E-state index contributed by atoms with van der Waals surface area (Å²) < 4.78 is 13.8. The van der Waals surface area contributed by atoms with E-state index in [1.165, 1.54) is 12.1 Å². The molecule has 0 fully saturated rings. The highest BCUT2D eigenvalue weighted by atomic mass is 35.5. The largest absolute Gasteiger partial charge is 0.330 e. The lowest BCUT2D eigenvalue weighted by Crippen LogP contribution is -2.16. The molecule has 5 heteroatoms. The van der Waals surface area contributed by atoms with Crippen molar-refractivity contribution in [1.82, 2.24) is 0 Å². The van der Waals surface area contributed by atoms with E-state index < -0.39 is 5.82 Å². The number of nitrogens with two attached hydrogens (primary N) is 1. The molecule has 2 aromatic rings. The summed E-state index contributed by atoms with van der Waals surface area (Å²) >= 11 is 5.68. The van der Waals surface area contributed by atoms with Gasteiger partial charge in [-0.15, -0.1) is 0 Å². The SMILES string of the molecule is NCCc1ccccc1C(=O)Nc1cccc(Cl)c1F. The molecular formula is C15H14ClFN2O. The van der Waals surface area contributed by atoms with E-state index in [1.807, 2.05) is 12.1 Å². The number of nitrogens with one attached hydrogen (secondary N) is 1. The first-order valence-electron chi connectivity index (χ1n) is 6.17. The van der Waals surface area contributed by atoms with Crippen LogP contribution in [0, 0.1) is 5.82 Å². The number of hydrogen-bond acceptors (Lipinski definition) is 2. The summed E-state index contributed by atoms with van der Waals surface area (Å²) in [7, 11) is 0. The standard InChI is InChI=1S/C15H14ClFN2O/c16-12-6-3-7-13(14(12)17)19-15(20)11-5-2-1-4-10(11)8-9-18/h1-7H,8-9,18H2,(H,19,20). The maximum absolute atomic E-state index is 13.8. The van der Waals surface area contributed by atoms with Crippen molar-refractivity contribution >= 4 is 23.2 Å². The molecule has 0 aliphatic carbocycles. The molecule has 0 saturated heterocycles. The van der Waals surface area contributed by atoms with Crippen LogP contribution in [0.15, 0.2) is 42.5 Å². The molecule has 2 rings (SSSR count). The topological polar surface area (TPSA) is 55.1 Å². The lowest BCUT2D eigenvalue weighted by Gasteiger charge is -2.10. The van der Waals surface area contributed by atoms with Gasteiger partial charge in [-0.25, -0.2) is 4.39 Å². The van der Waals surface area contributed by atoms with E-state index in [9.17, 15) is 9.18 Å². The van der Waals surface area contributed by atoms with Crippen LogP contribution in [0.4, 0.5) is 10.1 Å². The van der Waals surface area contributed by atoms with Gasteiger partial charge >= 0.3 is 0 Å². The van der Waals surface area contributed by atoms with Gasteiger partial charge in [0.25, 0.3) is 5.91 Å². The van der Waals surface area contributed by atoms with Gasteiger partial charge in [0.15, 0.2) is 5.82 Å². The van der Waals surface area contributed by atoms with E-state index in [-0.39, 0.29) is 16.6 Å². The van der Waals surface area contributed by atoms with Crippen molar-refractivity contribution in [1.29, 1.82) is 0 Å². The number of halogens is 2. The Bertz CT molecular complexity index is 631. The van der Waals surface area contributed by atoms with Crippen molar-refractivity contribution in [2.24, 2.45) is 5.73 Å². The summed E-state index contributed by atoms with van der Waals surface area (Å²) in [4.78, 5) is 12.2. The summed E-state index contributed by atoms with van der Waals surface area (Å²) in [6, 6.07) is 11.6. The summed E-state index contributed by atoms with van der Waals surface area (Å²) in [5.41, 5.74) is 6.89. The summed E-state index contributed by atoms with van der Waals surface area (Å²) in [6.45, 7) is 0.440. The van der Waals surface area contributed by atoms with Crippen LogP contribution in [-0.4, -0.2) is 12.5 Å². The zero-order valence-electron chi connectivity index (χ0n) is 10.7. The molecule has 0 spiro atoms. The van der Waals surface area contributed by atoms with Gasteiger partial charge in [0.05, 0.1) is 10.7 Å². The van der Waals surface area contributed by atoms with Gasteiger partial charge in [0, 0.05) is 5.56 Å². The first-order chi connectivity index (χ1) is 9.63. The van der Waals surface area contributed by atoms with Gasteiger partial charge < -0.3 is 11.1 Å². The molecule has 0 aliphatic heterocycles. The zero-order valence-corrected chi connectivity index (χ0v) is 11.5. The van der Waals surface area contributed by atoms with E-state index in [2.05, 4.69) is 5.32 Å². The fourth-order valence-electron chi connectivity index (χ4n) is 1.91. The Kier molecular flexibility index (Phi) is 4.71. The average Bonchev–Trinajstić information content (AvgIpc) is 2.45. The van der Waals surface area contributed by atoms with Gasteiger partial charge in [-0.3, -0.25) is 4.79 Å². The number of benzene rings is 2. The highest BCUT2D eigenvalue weighted by Crippen LogP contribution is 2.23. The molecule has 0 radical (unpaired) electrons. The number of hydrogen-bond donors (Lipinski definition) is 2. The van der Waals surface area contributed by atoms with Crippen molar-refractivity contribution in [3.8, 4) is 0 Å². The lowest BCUT2D eigenvalue weighted by atomic mass is 10.0. The molecule has 104 valence electrons. The maximum atomic E-state index is 13.8. The first-order valence-corrected chi connectivity index (χ1v) is 6.54. The maximum Gasteiger partial charge on any atom is 0.256 e. The molecular weight excluding hydrogens is 279 g/mol. The summed E-state index contributed by atoms with van der Waals surface area (Å²) in [6.07, 6.45) is 0.585. The highest BCUT2D eigenvalue weighted by molar-refractivity contribution is 6.31. The Morgan fingerprint density at radius 1 is 1.20 bits per heavy atom. The minimum atomic E-state index is -0.640. The summed E-state index contributed by atoms with van der Waals surface area (Å²) in [5, 5.41) is 2.50. The third-order valence-corrected chi connectivity index (χ3v) is 3.17. The molecule has 0 heterocycles. The Morgan fingerprint density at radius 3 is 2.70 bits per heavy atom. The number of amides is 1. The molecule has 0 aromatic heterocycles. The molecule has 1 amide bonds. The third kappa shape index (κ3) is 3.15. The molecule has 20 heavy (non-hydrogen) atoms. The van der Waals surface area contributed by atoms with Crippen molar-refractivity contribution < 1.29 is 9.18 Å². The highest BCUT2D eigenvalue weighted by Gasteiger charge is 2.13. The van der Waals surface area contributed by atoms with Gasteiger partial charge in [0.2, 0.25) is 0 Å². The second kappa shape index (κ2) is 6.50. The van der Waals surface area contributed by atoms with Crippen molar-refractivity contribution in [3.63, 3.8) is 0 Å². The van der Waals surface area contributed by atoms with E-state index in [0.717, 1.165) is 5.56 Å². The van der Waals surface area contributed by atoms with Gasteiger partial charge in [-0.1, -0.05) is 35.9 Å². The quantitative estimate of drug-likeness (QED) is 0.909. The van der Waals surface area contributed by atoms with E-state index in [4.69, 9.17) is 17.3 Å². The van der Waals surface area contributed by atoms with Gasteiger partial charge in [-0.2, -0.15) is 0 Å². The van der Waals surface area contributed by atoms with Gasteiger partial charge in [0.1, 0.15) is 0 Å². The van der Waals surface area contributed by atoms with Crippen LogP contribution in [-0.2, 0) is 6.42 Å². The third-order valence-electron chi connectivity index (χ3n) is 2.88. The van der Waals surface area contributed by atoms with E-state index in [0.29, 0.717) is 18.5 Å². The van der Waals surface area contributed by atoms with Gasteiger partial charge in [-0.05, 0) is 36.7 Å². The Hall–Kier alpha value is -1.91. The monoisotopic (exact) mass is 292 g/mol. The fourth-order valence-corrected chi connectivity index (χ4v) is 2.08. The van der Waals surface area contributed by atoms with Crippen LogP contribution in [0.2, 0.25) is 5.02 Å². The zero-order chi connectivity index (χ0) is 14.5. The number of carbonyl (C=O) groups excluding carboxylic acids is 1. The predicted molar refractivity (Wildman–Crippen MR) is 78.6 cm³/mol. The summed E-state index contributed by atoms with van der Waals surface area (Å²) in [5.74, 6) is -1.02. The molecule has 0 bridgehead atoms. The fraction of sp³-hybridized carbons (Fsp3) is 0.133. The predicted octanol–water partition coefficient (Wildman–Crippen LogP) is 3.23. The molecule has 0 aliphatic rings. The normalized spacial score (nSPS) is 10.3. The van der Waals surface area contributed by atoms with Crippen LogP contribution >= 0.6 is 11.6 Å². The van der Waals surface area contributed by atoms with E-state index in [1.54, 1.807) is 18.2 Å². The smallest absolute Gasteiger partial charge is 0.256 e. The van der Waals surface area contributed by atoms with Crippen molar-refractivity contribution in [2.75, 3.05) is 11.9 Å². The van der Waals surface area contributed by atoms with E-state index >= 15 is 0 Å². The van der Waals surface area contributed by atoms with Crippen LogP contribution in [0.5, 0.6) is 0 Å². The number of anilines is 1. The molecule has 0 saturated carbocycles. The lowest BCUT2D eigenvalue weighted by molar-refractivity contribution is 0.102. The molecule has 0 atom stereocenters. The van der Waals surface area contributed by atoms with Crippen molar-refractivity contribution in [2.45, 2.75) is 6.42 Å². The minimum absolute atomic E-state index is 0.0296. The van der Waals surface area contributed by atoms with Crippen LogP contribution in [0.25, 0.3) is 0 Å². The van der Waals surface area contributed by atoms with Crippen LogP contribution in [0.3, 0.4) is 0 Å². The number of carbonyl (C=O) groups is 1.